The van der Waals surface area contributed by atoms with Gasteiger partial charge in [0.05, 0.1) is 22.7 Å². The minimum atomic E-state index is 0.698. The fourth-order valence-electron chi connectivity index (χ4n) is 2.62. The molecular weight excluding hydrogens is 376 g/mol. The highest BCUT2D eigenvalue weighted by Crippen LogP contribution is 2.29. The number of guanidine groups is 1. The first-order valence-corrected chi connectivity index (χ1v) is 10.5. The third-order valence-electron chi connectivity index (χ3n) is 4.01. The standard InChI is InChI=1S/C20H24N4OS2/c1-14-24-18(13-26-14)19-8-7-17(27-19)9-10-22-20(21-2)23-12-15-5-4-6-16(11-15)25-3/h4-8,11,13H,9-10,12H2,1-3H3,(H2,21,22,23). The number of nitrogens with zero attached hydrogens (tertiary/aromatic N) is 2. The van der Waals surface area contributed by atoms with Crippen LogP contribution >= 0.6 is 22.7 Å². The Morgan fingerprint density at radius 3 is 2.85 bits per heavy atom. The van der Waals surface area contributed by atoms with Gasteiger partial charge >= 0.3 is 0 Å². The van der Waals surface area contributed by atoms with Gasteiger partial charge in [-0.15, -0.1) is 22.7 Å². The molecule has 7 heteroatoms. The lowest BCUT2D eigenvalue weighted by atomic mass is 10.2. The van der Waals surface area contributed by atoms with E-state index in [4.69, 9.17) is 4.74 Å². The van der Waals surface area contributed by atoms with E-state index in [2.05, 4.69) is 44.2 Å². The lowest BCUT2D eigenvalue weighted by Gasteiger charge is -2.12. The van der Waals surface area contributed by atoms with Crippen LogP contribution in [-0.2, 0) is 13.0 Å². The molecule has 0 saturated carbocycles. The van der Waals surface area contributed by atoms with Crippen LogP contribution in [0.25, 0.3) is 10.6 Å². The maximum absolute atomic E-state index is 5.26. The Balaban J connectivity index is 1.46. The highest BCUT2D eigenvalue weighted by Gasteiger charge is 2.06. The van der Waals surface area contributed by atoms with Gasteiger partial charge in [0, 0.05) is 30.4 Å². The van der Waals surface area contributed by atoms with Crippen LogP contribution < -0.4 is 15.4 Å². The second kappa shape index (κ2) is 9.53. The van der Waals surface area contributed by atoms with Gasteiger partial charge in [0.15, 0.2) is 5.96 Å². The summed E-state index contributed by atoms with van der Waals surface area (Å²) in [6, 6.07) is 12.4. The molecule has 0 atom stereocenters. The minimum Gasteiger partial charge on any atom is -0.497 e. The summed E-state index contributed by atoms with van der Waals surface area (Å²) in [5, 5.41) is 9.93. The molecule has 0 radical (unpaired) electrons. The Hall–Kier alpha value is -2.38. The number of thiazole rings is 1. The highest BCUT2D eigenvalue weighted by molar-refractivity contribution is 7.16. The lowest BCUT2D eigenvalue weighted by molar-refractivity contribution is 0.414. The SMILES string of the molecule is CN=C(NCCc1ccc(-c2csc(C)n2)s1)NCc1cccc(OC)c1. The number of nitrogens with one attached hydrogen (secondary N) is 2. The molecule has 27 heavy (non-hydrogen) atoms. The molecule has 2 N–H and O–H groups in total. The average Bonchev–Trinajstić information content (AvgIpc) is 3.33. The number of benzene rings is 1. The summed E-state index contributed by atoms with van der Waals surface area (Å²) in [4.78, 5) is 11.4. The molecule has 0 fully saturated rings. The monoisotopic (exact) mass is 400 g/mol. The number of thiophene rings is 1. The number of methoxy groups -OCH3 is 1. The molecule has 5 nitrogen and oxygen atoms in total. The second-order valence-electron chi connectivity index (χ2n) is 5.97. The van der Waals surface area contributed by atoms with E-state index in [0.717, 1.165) is 40.9 Å². The van der Waals surface area contributed by atoms with Crippen molar-refractivity contribution in [3.05, 3.63) is 57.2 Å². The third-order valence-corrected chi connectivity index (χ3v) is 5.96. The summed E-state index contributed by atoms with van der Waals surface area (Å²) in [6.07, 6.45) is 0.952. The Kier molecular flexibility index (Phi) is 6.84. The van der Waals surface area contributed by atoms with Gasteiger partial charge in [0.2, 0.25) is 0 Å². The number of rotatable bonds is 7. The van der Waals surface area contributed by atoms with Crippen LogP contribution in [0.4, 0.5) is 0 Å². The Morgan fingerprint density at radius 1 is 1.22 bits per heavy atom. The van der Waals surface area contributed by atoms with Gasteiger partial charge < -0.3 is 15.4 Å². The number of ether oxygens (including phenoxy) is 1. The third kappa shape index (κ3) is 5.55. The summed E-state index contributed by atoms with van der Waals surface area (Å²) in [7, 11) is 3.47. The van der Waals surface area contributed by atoms with Gasteiger partial charge in [-0.05, 0) is 43.2 Å². The second-order valence-corrected chi connectivity index (χ2v) is 8.20. The van der Waals surface area contributed by atoms with Crippen molar-refractivity contribution in [3.63, 3.8) is 0 Å². The van der Waals surface area contributed by atoms with Crippen LogP contribution in [0.5, 0.6) is 5.75 Å². The number of aryl methyl sites for hydroxylation is 1. The fourth-order valence-corrected chi connectivity index (χ4v) is 4.27. The molecule has 2 heterocycles. The van der Waals surface area contributed by atoms with Gasteiger partial charge in [-0.1, -0.05) is 12.1 Å². The van der Waals surface area contributed by atoms with Crippen molar-refractivity contribution in [2.24, 2.45) is 4.99 Å². The van der Waals surface area contributed by atoms with Gasteiger partial charge in [0.1, 0.15) is 5.75 Å². The summed E-state index contributed by atoms with van der Waals surface area (Å²) in [5.74, 6) is 1.66. The zero-order valence-electron chi connectivity index (χ0n) is 15.8. The van der Waals surface area contributed by atoms with E-state index in [-0.39, 0.29) is 0 Å². The van der Waals surface area contributed by atoms with Crippen LogP contribution in [-0.4, -0.2) is 31.6 Å². The highest BCUT2D eigenvalue weighted by atomic mass is 32.1. The number of aromatic nitrogens is 1. The number of aliphatic imine (C=N–C) groups is 1. The maximum atomic E-state index is 5.26. The van der Waals surface area contributed by atoms with E-state index < -0.39 is 0 Å². The summed E-state index contributed by atoms with van der Waals surface area (Å²) in [5.41, 5.74) is 2.23. The van der Waals surface area contributed by atoms with E-state index in [9.17, 15) is 0 Å². The largest absolute Gasteiger partial charge is 0.497 e. The first-order valence-electron chi connectivity index (χ1n) is 8.76. The van der Waals surface area contributed by atoms with Crippen molar-refractivity contribution in [2.45, 2.75) is 19.9 Å². The van der Waals surface area contributed by atoms with Crippen molar-refractivity contribution in [3.8, 4) is 16.3 Å². The Bertz CT molecular complexity index is 901. The van der Waals surface area contributed by atoms with Crippen molar-refractivity contribution in [1.82, 2.24) is 15.6 Å². The van der Waals surface area contributed by atoms with Gasteiger partial charge in [-0.25, -0.2) is 4.98 Å². The quantitative estimate of drug-likeness (QED) is 0.463. The Morgan fingerprint density at radius 2 is 2.11 bits per heavy atom. The van der Waals surface area contributed by atoms with E-state index in [0.29, 0.717) is 6.54 Å². The van der Waals surface area contributed by atoms with Crippen LogP contribution in [0.2, 0.25) is 0 Å². The zero-order chi connectivity index (χ0) is 19.1. The minimum absolute atomic E-state index is 0.698. The fraction of sp³-hybridized carbons (Fsp3) is 0.300. The first kappa shape index (κ1) is 19.4. The maximum Gasteiger partial charge on any atom is 0.191 e. The molecule has 0 bridgehead atoms. The average molecular weight is 401 g/mol. The van der Waals surface area contributed by atoms with E-state index in [1.807, 2.05) is 25.1 Å². The molecule has 0 aliphatic rings. The molecule has 0 unspecified atom stereocenters. The molecule has 0 amide bonds. The van der Waals surface area contributed by atoms with Crippen molar-refractivity contribution < 1.29 is 4.74 Å². The molecule has 0 aliphatic carbocycles. The van der Waals surface area contributed by atoms with Gasteiger partial charge in [-0.2, -0.15) is 0 Å². The van der Waals surface area contributed by atoms with Crippen LogP contribution in [0, 0.1) is 6.92 Å². The molecule has 0 saturated heterocycles. The van der Waals surface area contributed by atoms with Crippen molar-refractivity contribution in [2.75, 3.05) is 20.7 Å². The summed E-state index contributed by atoms with van der Waals surface area (Å²) in [6.45, 7) is 3.56. The van der Waals surface area contributed by atoms with Crippen molar-refractivity contribution >= 4 is 28.6 Å². The predicted octanol–water partition coefficient (Wildman–Crippen LogP) is 4.10. The molecule has 142 valence electrons. The van der Waals surface area contributed by atoms with Gasteiger partial charge in [0.25, 0.3) is 0 Å². The zero-order valence-corrected chi connectivity index (χ0v) is 17.4. The van der Waals surface area contributed by atoms with Crippen LogP contribution in [0.1, 0.15) is 15.4 Å². The molecule has 3 aromatic rings. The molecular formula is C20H24N4OS2. The lowest BCUT2D eigenvalue weighted by Crippen LogP contribution is -2.37. The topological polar surface area (TPSA) is 58.5 Å². The normalized spacial score (nSPS) is 11.4. The van der Waals surface area contributed by atoms with Crippen LogP contribution in [0.3, 0.4) is 0 Å². The first-order chi connectivity index (χ1) is 13.2. The van der Waals surface area contributed by atoms with Gasteiger partial charge in [-0.3, -0.25) is 4.99 Å². The predicted molar refractivity (Wildman–Crippen MR) is 115 cm³/mol. The summed E-state index contributed by atoms with van der Waals surface area (Å²) < 4.78 is 5.26. The molecule has 0 spiro atoms. The van der Waals surface area contributed by atoms with Crippen LogP contribution in [0.15, 0.2) is 46.8 Å². The molecule has 2 aromatic heterocycles. The van der Waals surface area contributed by atoms with E-state index >= 15 is 0 Å². The smallest absolute Gasteiger partial charge is 0.191 e. The number of hydrogen-bond donors (Lipinski definition) is 2. The van der Waals surface area contributed by atoms with E-state index in [1.165, 1.54) is 9.75 Å². The molecule has 3 rings (SSSR count). The Labute approximate surface area is 168 Å². The molecule has 1 aromatic carbocycles. The molecule has 0 aliphatic heterocycles. The summed E-state index contributed by atoms with van der Waals surface area (Å²) >= 11 is 3.49. The van der Waals surface area contributed by atoms with E-state index in [1.54, 1.807) is 36.8 Å². The van der Waals surface area contributed by atoms with Crippen molar-refractivity contribution in [1.29, 1.82) is 0 Å². The number of hydrogen-bond acceptors (Lipinski definition) is 5.